The fourth-order valence-electron chi connectivity index (χ4n) is 1.93. The van der Waals surface area contributed by atoms with Crippen molar-refractivity contribution in [3.8, 4) is 0 Å². The molecule has 2 aromatic rings. The van der Waals surface area contributed by atoms with Crippen molar-refractivity contribution < 1.29 is 9.90 Å². The van der Waals surface area contributed by atoms with Crippen LogP contribution in [-0.4, -0.2) is 37.4 Å². The Balaban J connectivity index is 1.92. The van der Waals surface area contributed by atoms with E-state index in [1.54, 1.807) is 30.5 Å². The normalized spacial score (nSPS) is 10.7. The molecule has 0 fully saturated rings. The minimum absolute atomic E-state index is 0.108. The summed E-state index contributed by atoms with van der Waals surface area (Å²) in [7, 11) is 1.91. The molecule has 0 aliphatic carbocycles. The maximum absolute atomic E-state index is 11.9. The molecule has 0 bridgehead atoms. The molecular formula is C17H18ClN3O2. The summed E-state index contributed by atoms with van der Waals surface area (Å²) in [6, 6.07) is 14.2. The van der Waals surface area contributed by atoms with Crippen molar-refractivity contribution in [3.63, 3.8) is 0 Å². The van der Waals surface area contributed by atoms with Crippen LogP contribution in [0.5, 0.6) is 0 Å². The topological polar surface area (TPSA) is 64.9 Å². The Hall–Kier alpha value is -2.37. The van der Waals surface area contributed by atoms with Crippen LogP contribution in [0.3, 0.4) is 0 Å². The van der Waals surface area contributed by atoms with E-state index in [1.165, 1.54) is 0 Å². The highest BCUT2D eigenvalue weighted by Crippen LogP contribution is 2.12. The summed E-state index contributed by atoms with van der Waals surface area (Å²) in [5.74, 6) is -0.294. The molecule has 2 aromatic carbocycles. The van der Waals surface area contributed by atoms with Gasteiger partial charge in [-0.3, -0.25) is 4.79 Å². The molecule has 2 N–H and O–H groups in total. The van der Waals surface area contributed by atoms with Gasteiger partial charge in [0, 0.05) is 29.9 Å². The van der Waals surface area contributed by atoms with E-state index in [1.807, 2.05) is 36.2 Å². The van der Waals surface area contributed by atoms with Crippen molar-refractivity contribution in [2.24, 2.45) is 5.10 Å². The van der Waals surface area contributed by atoms with E-state index in [9.17, 15) is 4.79 Å². The fraction of sp³-hybridized carbons (Fsp3) is 0.176. The van der Waals surface area contributed by atoms with Crippen LogP contribution in [0.4, 0.5) is 5.69 Å². The minimum atomic E-state index is -0.294. The van der Waals surface area contributed by atoms with Crippen LogP contribution in [0, 0.1) is 0 Å². The highest BCUT2D eigenvalue weighted by Gasteiger charge is 2.03. The average molecular weight is 332 g/mol. The minimum Gasteiger partial charge on any atom is -0.395 e. The number of rotatable bonds is 6. The lowest BCUT2D eigenvalue weighted by atomic mass is 10.2. The van der Waals surface area contributed by atoms with Crippen molar-refractivity contribution in [2.45, 2.75) is 0 Å². The van der Waals surface area contributed by atoms with Gasteiger partial charge in [-0.2, -0.15) is 5.10 Å². The maximum Gasteiger partial charge on any atom is 0.271 e. The van der Waals surface area contributed by atoms with E-state index in [0.29, 0.717) is 17.1 Å². The van der Waals surface area contributed by atoms with Crippen LogP contribution in [-0.2, 0) is 0 Å². The molecule has 0 aliphatic rings. The summed E-state index contributed by atoms with van der Waals surface area (Å²) >= 11 is 5.78. The third-order valence-corrected chi connectivity index (χ3v) is 3.51. The number of amides is 1. The third-order valence-electron chi connectivity index (χ3n) is 3.26. The lowest BCUT2D eigenvalue weighted by Crippen LogP contribution is -2.20. The standard InChI is InChI=1S/C17H18ClN3O2/c1-21(10-11-22)16-8-2-13(3-9-16)12-19-20-17(23)14-4-6-15(18)7-5-14/h2-9,12,22H,10-11H2,1H3,(H,20,23). The quantitative estimate of drug-likeness (QED) is 0.631. The monoisotopic (exact) mass is 331 g/mol. The van der Waals surface area contributed by atoms with Crippen LogP contribution in [0.1, 0.15) is 15.9 Å². The first-order valence-electron chi connectivity index (χ1n) is 7.11. The lowest BCUT2D eigenvalue weighted by molar-refractivity contribution is 0.0955. The highest BCUT2D eigenvalue weighted by atomic mass is 35.5. The summed E-state index contributed by atoms with van der Waals surface area (Å²) < 4.78 is 0. The number of hydrazone groups is 1. The summed E-state index contributed by atoms with van der Waals surface area (Å²) in [6.07, 6.45) is 1.57. The molecule has 0 aliphatic heterocycles. The number of nitrogens with one attached hydrogen (secondary N) is 1. The molecule has 0 heterocycles. The zero-order valence-corrected chi connectivity index (χ0v) is 13.5. The van der Waals surface area contributed by atoms with E-state index >= 15 is 0 Å². The average Bonchev–Trinajstić information content (AvgIpc) is 2.56. The molecule has 0 radical (unpaired) electrons. The largest absolute Gasteiger partial charge is 0.395 e. The number of hydrogen-bond donors (Lipinski definition) is 2. The van der Waals surface area contributed by atoms with Gasteiger partial charge < -0.3 is 10.0 Å². The molecule has 0 unspecified atom stereocenters. The number of benzene rings is 2. The molecule has 120 valence electrons. The second-order valence-corrected chi connectivity index (χ2v) is 5.38. The van der Waals surface area contributed by atoms with Crippen LogP contribution < -0.4 is 10.3 Å². The smallest absolute Gasteiger partial charge is 0.271 e. The molecule has 0 spiro atoms. The second kappa shape index (κ2) is 8.31. The molecular weight excluding hydrogens is 314 g/mol. The summed E-state index contributed by atoms with van der Waals surface area (Å²) in [4.78, 5) is 13.8. The van der Waals surface area contributed by atoms with Gasteiger partial charge in [0.15, 0.2) is 0 Å². The third kappa shape index (κ3) is 5.09. The lowest BCUT2D eigenvalue weighted by Gasteiger charge is -2.17. The van der Waals surface area contributed by atoms with Gasteiger partial charge >= 0.3 is 0 Å². The number of aliphatic hydroxyl groups excluding tert-OH is 1. The first-order chi connectivity index (χ1) is 11.1. The predicted octanol–water partition coefficient (Wildman–Crippen LogP) is 2.53. The van der Waals surface area contributed by atoms with Gasteiger partial charge in [0.1, 0.15) is 0 Å². The van der Waals surface area contributed by atoms with E-state index in [-0.39, 0.29) is 12.5 Å². The zero-order chi connectivity index (χ0) is 16.7. The van der Waals surface area contributed by atoms with Crippen LogP contribution in [0.2, 0.25) is 5.02 Å². The van der Waals surface area contributed by atoms with E-state index in [2.05, 4.69) is 10.5 Å². The first kappa shape index (κ1) is 17.0. The Bertz CT molecular complexity index is 669. The molecule has 5 nitrogen and oxygen atoms in total. The van der Waals surface area contributed by atoms with Crippen molar-refractivity contribution in [1.29, 1.82) is 0 Å². The Morgan fingerprint density at radius 1 is 1.22 bits per heavy atom. The number of carbonyl (C=O) groups excluding carboxylic acids is 1. The van der Waals surface area contributed by atoms with Gasteiger partial charge in [-0.25, -0.2) is 5.43 Å². The van der Waals surface area contributed by atoms with Crippen molar-refractivity contribution in [1.82, 2.24) is 5.43 Å². The van der Waals surface area contributed by atoms with Gasteiger partial charge in [-0.05, 0) is 42.0 Å². The zero-order valence-electron chi connectivity index (χ0n) is 12.7. The number of aliphatic hydroxyl groups is 1. The van der Waals surface area contributed by atoms with Gasteiger partial charge in [0.05, 0.1) is 12.8 Å². The number of hydrogen-bond acceptors (Lipinski definition) is 4. The van der Waals surface area contributed by atoms with E-state index in [0.717, 1.165) is 11.3 Å². The molecule has 2 rings (SSSR count). The predicted molar refractivity (Wildman–Crippen MR) is 93.3 cm³/mol. The Morgan fingerprint density at radius 2 is 1.87 bits per heavy atom. The van der Waals surface area contributed by atoms with Gasteiger partial charge in [-0.1, -0.05) is 23.7 Å². The summed E-state index contributed by atoms with van der Waals surface area (Å²) in [5.41, 5.74) is 4.83. The van der Waals surface area contributed by atoms with Gasteiger partial charge in [-0.15, -0.1) is 0 Å². The second-order valence-electron chi connectivity index (χ2n) is 4.94. The summed E-state index contributed by atoms with van der Waals surface area (Å²) in [6.45, 7) is 0.682. The maximum atomic E-state index is 11.9. The van der Waals surface area contributed by atoms with Crippen molar-refractivity contribution >= 4 is 29.4 Å². The van der Waals surface area contributed by atoms with Gasteiger partial charge in [0.25, 0.3) is 5.91 Å². The number of anilines is 1. The molecule has 0 atom stereocenters. The van der Waals surface area contributed by atoms with Gasteiger partial charge in [0.2, 0.25) is 0 Å². The van der Waals surface area contributed by atoms with E-state index < -0.39 is 0 Å². The number of nitrogens with zero attached hydrogens (tertiary/aromatic N) is 2. The molecule has 0 aromatic heterocycles. The number of halogens is 1. The number of carbonyl (C=O) groups is 1. The molecule has 6 heteroatoms. The SMILES string of the molecule is CN(CCO)c1ccc(C=NNC(=O)c2ccc(Cl)cc2)cc1. The molecule has 0 saturated carbocycles. The first-order valence-corrected chi connectivity index (χ1v) is 7.49. The Morgan fingerprint density at radius 3 is 2.48 bits per heavy atom. The number of likely N-dealkylation sites (N-methyl/N-ethyl adjacent to an activating group) is 1. The fourth-order valence-corrected chi connectivity index (χ4v) is 2.05. The van der Waals surface area contributed by atoms with Crippen molar-refractivity contribution in [3.05, 3.63) is 64.7 Å². The van der Waals surface area contributed by atoms with Crippen LogP contribution >= 0.6 is 11.6 Å². The van der Waals surface area contributed by atoms with Crippen molar-refractivity contribution in [2.75, 3.05) is 25.1 Å². The summed E-state index contributed by atoms with van der Waals surface area (Å²) in [5, 5.41) is 13.4. The van der Waals surface area contributed by atoms with Crippen LogP contribution in [0.15, 0.2) is 53.6 Å². The molecule has 23 heavy (non-hydrogen) atoms. The molecule has 1 amide bonds. The highest BCUT2D eigenvalue weighted by molar-refractivity contribution is 6.30. The van der Waals surface area contributed by atoms with E-state index in [4.69, 9.17) is 16.7 Å². The Labute approximate surface area is 140 Å². The van der Waals surface area contributed by atoms with Crippen LogP contribution in [0.25, 0.3) is 0 Å². The molecule has 0 saturated heterocycles. The Kier molecular flexibility index (Phi) is 6.14.